The standard InChI is InChI=1S/C42H32N6O2/c1-5-35(43-37-22-20-31(24-27(37)3)29-14-9-7-10-15-29)41-47-45-39(49-41)33-18-13-19-34(26-33)40-46-48-42(50-40)36(6-2)44-38-23-21-32(25-28(38)4)30-16-11-8-12-17-30/h5-26H,1,4H2,2-3H3/b36-6-,43-35?,44-38?. The van der Waals surface area contributed by atoms with Crippen molar-refractivity contribution in [3.63, 3.8) is 0 Å². The highest BCUT2D eigenvalue weighted by atomic mass is 16.4. The summed E-state index contributed by atoms with van der Waals surface area (Å²) in [6, 6.07) is 34.0. The lowest BCUT2D eigenvalue weighted by Crippen LogP contribution is -2.02. The Morgan fingerprint density at radius 3 is 1.96 bits per heavy atom. The molecule has 8 heteroatoms. The molecule has 0 atom stereocenters. The molecule has 7 rings (SSSR count). The van der Waals surface area contributed by atoms with Crippen molar-refractivity contribution in [2.45, 2.75) is 13.8 Å². The summed E-state index contributed by atoms with van der Waals surface area (Å²) in [6.07, 6.45) is 9.42. The van der Waals surface area contributed by atoms with E-state index in [-0.39, 0.29) is 5.89 Å². The van der Waals surface area contributed by atoms with Gasteiger partial charge in [-0.3, -0.25) is 0 Å². The Labute approximate surface area is 290 Å². The highest BCUT2D eigenvalue weighted by Gasteiger charge is 2.18. The van der Waals surface area contributed by atoms with Crippen LogP contribution in [0.2, 0.25) is 0 Å². The zero-order chi connectivity index (χ0) is 34.5. The number of aryl methyl sites for hydroxylation is 1. The van der Waals surface area contributed by atoms with Crippen LogP contribution < -0.4 is 0 Å². The molecular formula is C42H32N6O2. The largest absolute Gasteiger partial charge is 0.415 e. The molecule has 6 aromatic rings. The normalized spacial score (nSPS) is 14.2. The summed E-state index contributed by atoms with van der Waals surface area (Å²) in [6.45, 7) is 12.0. The van der Waals surface area contributed by atoms with Crippen LogP contribution in [0.3, 0.4) is 0 Å². The summed E-state index contributed by atoms with van der Waals surface area (Å²) in [4.78, 5) is 9.57. The maximum Gasteiger partial charge on any atom is 0.266 e. The molecule has 0 saturated carbocycles. The van der Waals surface area contributed by atoms with E-state index in [1.54, 1.807) is 6.08 Å². The molecule has 0 radical (unpaired) electrons. The van der Waals surface area contributed by atoms with Gasteiger partial charge in [0.25, 0.3) is 11.8 Å². The Morgan fingerprint density at radius 1 is 0.680 bits per heavy atom. The van der Waals surface area contributed by atoms with Gasteiger partial charge in [-0.25, -0.2) is 9.98 Å². The summed E-state index contributed by atoms with van der Waals surface area (Å²) in [5, 5.41) is 17.2. The van der Waals surface area contributed by atoms with Crippen molar-refractivity contribution < 1.29 is 8.83 Å². The zero-order valence-electron chi connectivity index (χ0n) is 27.6. The van der Waals surface area contributed by atoms with Gasteiger partial charge in [0.15, 0.2) is 0 Å². The number of aliphatic imine (C=N–C) groups is 2. The fourth-order valence-corrected chi connectivity index (χ4v) is 5.44. The third-order valence-corrected chi connectivity index (χ3v) is 8.08. The van der Waals surface area contributed by atoms with Gasteiger partial charge in [0.05, 0.1) is 11.4 Å². The second kappa shape index (κ2) is 14.1. The maximum atomic E-state index is 6.09. The number of benzene rings is 4. The zero-order valence-corrected chi connectivity index (χ0v) is 27.6. The molecule has 0 aliphatic heterocycles. The van der Waals surface area contributed by atoms with E-state index in [1.165, 1.54) is 0 Å². The molecule has 0 unspecified atom stereocenters. The predicted molar refractivity (Wildman–Crippen MR) is 200 cm³/mol. The van der Waals surface area contributed by atoms with Crippen molar-refractivity contribution in [2.75, 3.05) is 0 Å². The molecule has 8 nitrogen and oxygen atoms in total. The third-order valence-electron chi connectivity index (χ3n) is 8.08. The Hall–Kier alpha value is -6.80. The van der Waals surface area contributed by atoms with Crippen LogP contribution in [-0.2, 0) is 0 Å². The summed E-state index contributed by atoms with van der Waals surface area (Å²) in [5.74, 6) is 1.19. The average molecular weight is 653 g/mol. The molecule has 2 aromatic heterocycles. The molecule has 0 N–H and O–H groups in total. The fraction of sp³-hybridized carbons (Fsp3) is 0.0476. The molecule has 0 spiro atoms. The van der Waals surface area contributed by atoms with E-state index in [1.807, 2.05) is 111 Å². The van der Waals surface area contributed by atoms with Gasteiger partial charge < -0.3 is 8.83 Å². The first-order valence-corrected chi connectivity index (χ1v) is 16.0. The number of hydrogen-bond donors (Lipinski definition) is 0. The van der Waals surface area contributed by atoms with Gasteiger partial charge in [0.2, 0.25) is 11.8 Å². The SMILES string of the molecule is C=CC(=Nc1ccc(-c2ccccc2)cc1C)c1nnc(-c2cccc(-c3nnc(/C(=C/C)N=C4C=CC(c5ccccc5)=CC4=C)o3)c2)o1. The van der Waals surface area contributed by atoms with Crippen molar-refractivity contribution >= 4 is 28.4 Å². The number of aromatic nitrogens is 4. The van der Waals surface area contributed by atoms with Crippen molar-refractivity contribution in [3.8, 4) is 34.0 Å². The lowest BCUT2D eigenvalue weighted by molar-refractivity contribution is 0.551. The summed E-state index contributed by atoms with van der Waals surface area (Å²) in [5.41, 5.74) is 10.1. The lowest BCUT2D eigenvalue weighted by atomic mass is 9.96. The average Bonchev–Trinajstić information content (AvgIpc) is 3.86. The second-order valence-corrected chi connectivity index (χ2v) is 11.5. The van der Waals surface area contributed by atoms with Gasteiger partial charge in [-0.15, -0.1) is 20.4 Å². The van der Waals surface area contributed by atoms with Crippen molar-refractivity contribution in [3.05, 3.63) is 175 Å². The second-order valence-electron chi connectivity index (χ2n) is 11.5. The Bertz CT molecular complexity index is 2370. The third kappa shape index (κ3) is 6.77. The number of nitrogens with zero attached hydrogens (tertiary/aromatic N) is 6. The lowest BCUT2D eigenvalue weighted by Gasteiger charge is -2.11. The van der Waals surface area contributed by atoms with Gasteiger partial charge in [0.1, 0.15) is 11.4 Å². The molecule has 4 aromatic carbocycles. The molecule has 0 fully saturated rings. The van der Waals surface area contributed by atoms with Crippen molar-refractivity contribution in [2.24, 2.45) is 9.98 Å². The van der Waals surface area contributed by atoms with Crippen molar-refractivity contribution in [1.82, 2.24) is 20.4 Å². The minimum atomic E-state index is 0.257. The van der Waals surface area contributed by atoms with E-state index in [4.69, 9.17) is 18.8 Å². The van der Waals surface area contributed by atoms with Gasteiger partial charge in [0, 0.05) is 11.1 Å². The first kappa shape index (κ1) is 31.8. The highest BCUT2D eigenvalue weighted by molar-refractivity contribution is 6.16. The van der Waals surface area contributed by atoms with Gasteiger partial charge in [-0.05, 0) is 95.8 Å². The van der Waals surface area contributed by atoms with Crippen LogP contribution in [0.5, 0.6) is 0 Å². The number of rotatable bonds is 9. The van der Waals surface area contributed by atoms with E-state index in [0.717, 1.165) is 39.1 Å². The Kier molecular flexibility index (Phi) is 8.98. The van der Waals surface area contributed by atoms with Crippen LogP contribution in [0, 0.1) is 6.92 Å². The summed E-state index contributed by atoms with van der Waals surface area (Å²) < 4.78 is 12.2. The summed E-state index contributed by atoms with van der Waals surface area (Å²) >= 11 is 0. The molecular weight excluding hydrogens is 621 g/mol. The first-order valence-electron chi connectivity index (χ1n) is 16.0. The topological polar surface area (TPSA) is 103 Å². The Morgan fingerprint density at radius 2 is 1.32 bits per heavy atom. The molecule has 0 saturated heterocycles. The van der Waals surface area contributed by atoms with Crippen LogP contribution in [0.25, 0.3) is 45.3 Å². The quantitative estimate of drug-likeness (QED) is 0.144. The maximum absolute atomic E-state index is 6.09. The number of allylic oxidation sites excluding steroid dienone is 7. The van der Waals surface area contributed by atoms with Crippen LogP contribution in [0.1, 0.15) is 29.8 Å². The van der Waals surface area contributed by atoms with Gasteiger partial charge in [-0.1, -0.05) is 98.1 Å². The van der Waals surface area contributed by atoms with E-state index in [9.17, 15) is 0 Å². The minimum Gasteiger partial charge on any atom is -0.415 e. The van der Waals surface area contributed by atoms with Crippen LogP contribution in [-0.4, -0.2) is 31.8 Å². The van der Waals surface area contributed by atoms with E-state index in [0.29, 0.717) is 45.9 Å². The van der Waals surface area contributed by atoms with Gasteiger partial charge >= 0.3 is 0 Å². The van der Waals surface area contributed by atoms with Crippen LogP contribution in [0.4, 0.5) is 5.69 Å². The van der Waals surface area contributed by atoms with E-state index >= 15 is 0 Å². The minimum absolute atomic E-state index is 0.257. The monoisotopic (exact) mass is 652 g/mol. The molecule has 2 heterocycles. The van der Waals surface area contributed by atoms with Crippen molar-refractivity contribution in [1.29, 1.82) is 0 Å². The van der Waals surface area contributed by atoms with E-state index in [2.05, 4.69) is 63.9 Å². The van der Waals surface area contributed by atoms with Crippen LogP contribution in [0.15, 0.2) is 171 Å². The molecule has 0 amide bonds. The van der Waals surface area contributed by atoms with Crippen LogP contribution >= 0.6 is 0 Å². The molecule has 50 heavy (non-hydrogen) atoms. The first-order chi connectivity index (χ1) is 24.5. The Balaban J connectivity index is 1.09. The highest BCUT2D eigenvalue weighted by Crippen LogP contribution is 2.30. The smallest absolute Gasteiger partial charge is 0.266 e. The fourth-order valence-electron chi connectivity index (χ4n) is 5.44. The molecule has 1 aliphatic carbocycles. The predicted octanol–water partition coefficient (Wildman–Crippen LogP) is 10.1. The molecule has 242 valence electrons. The molecule has 0 bridgehead atoms. The number of hydrogen-bond acceptors (Lipinski definition) is 8. The van der Waals surface area contributed by atoms with E-state index < -0.39 is 0 Å². The molecule has 1 aliphatic rings. The van der Waals surface area contributed by atoms with Gasteiger partial charge in [-0.2, -0.15) is 0 Å². The summed E-state index contributed by atoms with van der Waals surface area (Å²) in [7, 11) is 0.